The van der Waals surface area contributed by atoms with Crippen LogP contribution in [-0.2, 0) is 9.53 Å². The lowest BCUT2D eigenvalue weighted by Crippen LogP contribution is -2.09. The molecule has 0 fully saturated rings. The van der Waals surface area contributed by atoms with Crippen molar-refractivity contribution >= 4 is 5.97 Å². The second kappa shape index (κ2) is 29.7. The molecule has 0 aromatic rings. The lowest BCUT2D eigenvalue weighted by molar-refractivity contribution is -0.144. The lowest BCUT2D eigenvalue weighted by Gasteiger charge is -2.16. The third-order valence-electron chi connectivity index (χ3n) is 8.78. The summed E-state index contributed by atoms with van der Waals surface area (Å²) >= 11 is 0. The average molecular weight is 563 g/mol. The van der Waals surface area contributed by atoms with Gasteiger partial charge in [-0.05, 0) is 62.2 Å². The highest BCUT2D eigenvalue weighted by molar-refractivity contribution is 5.69. The van der Waals surface area contributed by atoms with Crippen molar-refractivity contribution in [2.75, 3.05) is 6.61 Å². The molecule has 0 aromatic heterocycles. The molecule has 0 radical (unpaired) electrons. The zero-order chi connectivity index (χ0) is 29.7. The highest BCUT2D eigenvalue weighted by Crippen LogP contribution is 2.22. The van der Waals surface area contributed by atoms with E-state index in [0.29, 0.717) is 18.9 Å². The van der Waals surface area contributed by atoms with Crippen molar-refractivity contribution in [2.45, 2.75) is 196 Å². The van der Waals surface area contributed by atoms with Gasteiger partial charge in [-0.15, -0.1) is 0 Å². The van der Waals surface area contributed by atoms with E-state index in [1.54, 1.807) is 0 Å². The van der Waals surface area contributed by atoms with Crippen LogP contribution in [-0.4, -0.2) is 12.6 Å². The molecule has 0 aliphatic carbocycles. The third kappa shape index (κ3) is 30.2. The third-order valence-corrected chi connectivity index (χ3v) is 8.78. The molecule has 0 N–H and O–H groups in total. The van der Waals surface area contributed by atoms with Gasteiger partial charge in [0.15, 0.2) is 0 Å². The van der Waals surface area contributed by atoms with Crippen molar-refractivity contribution in [3.05, 3.63) is 12.2 Å². The fraction of sp³-hybridized carbons (Fsp3) is 0.921. The maximum Gasteiger partial charge on any atom is 0.305 e. The highest BCUT2D eigenvalue weighted by atomic mass is 16.5. The summed E-state index contributed by atoms with van der Waals surface area (Å²) < 4.78 is 5.53. The van der Waals surface area contributed by atoms with E-state index in [-0.39, 0.29) is 5.97 Å². The summed E-state index contributed by atoms with van der Waals surface area (Å²) in [4.78, 5) is 12.1. The molecule has 0 rings (SSSR count). The minimum Gasteiger partial charge on any atom is -0.466 e. The zero-order valence-electron chi connectivity index (χ0n) is 28.5. The highest BCUT2D eigenvalue weighted by Gasteiger charge is 2.09. The number of ether oxygens (including phenoxy) is 1. The van der Waals surface area contributed by atoms with E-state index in [0.717, 1.165) is 37.0 Å². The van der Waals surface area contributed by atoms with Crippen LogP contribution in [0.5, 0.6) is 0 Å². The van der Waals surface area contributed by atoms with Crippen LogP contribution in [0.15, 0.2) is 12.2 Å². The number of carbonyl (C=O) groups is 1. The van der Waals surface area contributed by atoms with Crippen LogP contribution in [0.2, 0.25) is 0 Å². The number of unbranched alkanes of at least 4 members (excludes halogenated alkanes) is 11. The maximum absolute atomic E-state index is 12.1. The minimum absolute atomic E-state index is 0.0110. The fourth-order valence-electron chi connectivity index (χ4n) is 5.72. The summed E-state index contributed by atoms with van der Waals surface area (Å²) in [6.07, 6.45) is 35.4. The molecule has 2 heteroatoms. The summed E-state index contributed by atoms with van der Waals surface area (Å²) in [5.41, 5.74) is 0. The van der Waals surface area contributed by atoms with Crippen molar-refractivity contribution in [1.82, 2.24) is 0 Å². The Hall–Kier alpha value is -0.790. The van der Waals surface area contributed by atoms with Gasteiger partial charge in [0, 0.05) is 6.42 Å². The van der Waals surface area contributed by atoms with Crippen LogP contribution in [0, 0.1) is 23.7 Å². The van der Waals surface area contributed by atoms with Crippen LogP contribution >= 0.6 is 0 Å². The smallest absolute Gasteiger partial charge is 0.305 e. The Morgan fingerprint density at radius 1 is 0.525 bits per heavy atom. The number of carbonyl (C=O) groups excluding carboxylic acids is 1. The van der Waals surface area contributed by atoms with Gasteiger partial charge in [-0.1, -0.05) is 163 Å². The van der Waals surface area contributed by atoms with Crippen LogP contribution in [0.4, 0.5) is 0 Å². The number of rotatable bonds is 30. The normalized spacial score (nSPS) is 14.2. The number of hydrogen-bond donors (Lipinski definition) is 0. The molecule has 0 saturated carbocycles. The second-order valence-corrected chi connectivity index (χ2v) is 13.8. The minimum atomic E-state index is 0.0110. The van der Waals surface area contributed by atoms with E-state index in [1.165, 1.54) is 128 Å². The Morgan fingerprint density at radius 2 is 0.950 bits per heavy atom. The lowest BCUT2D eigenvalue weighted by atomic mass is 9.91. The largest absolute Gasteiger partial charge is 0.466 e. The first-order valence-electron chi connectivity index (χ1n) is 18.2. The first kappa shape index (κ1) is 39.2. The predicted octanol–water partition coefficient (Wildman–Crippen LogP) is 13.0. The van der Waals surface area contributed by atoms with Gasteiger partial charge >= 0.3 is 5.97 Å². The Morgan fingerprint density at radius 3 is 1.45 bits per heavy atom. The van der Waals surface area contributed by atoms with Gasteiger partial charge in [-0.25, -0.2) is 0 Å². The molecule has 0 saturated heterocycles. The second-order valence-electron chi connectivity index (χ2n) is 13.8. The molecule has 0 aliphatic heterocycles. The molecule has 3 unspecified atom stereocenters. The van der Waals surface area contributed by atoms with Gasteiger partial charge in [0.1, 0.15) is 0 Å². The van der Waals surface area contributed by atoms with E-state index >= 15 is 0 Å². The monoisotopic (exact) mass is 563 g/mol. The van der Waals surface area contributed by atoms with E-state index in [1.807, 2.05) is 0 Å². The standard InChI is InChI=1S/C38H74O2/c1-7-8-9-10-11-12-13-14-15-16-17-18-19-20-21-31-38(39)40-33-32-37(6)30-24-29-36(5)28-23-27-35(4)26-22-25-34(2)3/h14-15,34-37H,7-13,16-33H2,1-6H3/b15-14-. The first-order chi connectivity index (χ1) is 19.3. The summed E-state index contributed by atoms with van der Waals surface area (Å²) in [6, 6.07) is 0. The van der Waals surface area contributed by atoms with Gasteiger partial charge in [0.2, 0.25) is 0 Å². The Bertz CT molecular complexity index is 552. The summed E-state index contributed by atoms with van der Waals surface area (Å²) in [5, 5.41) is 0. The van der Waals surface area contributed by atoms with Crippen LogP contribution in [0.3, 0.4) is 0 Å². The van der Waals surface area contributed by atoms with Gasteiger partial charge < -0.3 is 4.74 Å². The Kier molecular flexibility index (Phi) is 29.1. The molecular weight excluding hydrogens is 488 g/mol. The van der Waals surface area contributed by atoms with Gasteiger partial charge in [-0.2, -0.15) is 0 Å². The van der Waals surface area contributed by atoms with Crippen molar-refractivity contribution in [3.63, 3.8) is 0 Å². The van der Waals surface area contributed by atoms with Crippen LogP contribution in [0.25, 0.3) is 0 Å². The predicted molar refractivity (Wildman–Crippen MR) is 179 cm³/mol. The molecule has 2 nitrogen and oxygen atoms in total. The average Bonchev–Trinajstić information content (AvgIpc) is 2.90. The maximum atomic E-state index is 12.1. The molecule has 0 bridgehead atoms. The molecular formula is C38H74O2. The fourth-order valence-corrected chi connectivity index (χ4v) is 5.72. The number of hydrogen-bond acceptors (Lipinski definition) is 2. The molecule has 0 spiro atoms. The van der Waals surface area contributed by atoms with Gasteiger partial charge in [-0.3, -0.25) is 4.79 Å². The summed E-state index contributed by atoms with van der Waals surface area (Å²) in [5.74, 6) is 3.26. The van der Waals surface area contributed by atoms with E-state index in [9.17, 15) is 4.79 Å². The molecule has 0 amide bonds. The molecule has 3 atom stereocenters. The summed E-state index contributed by atoms with van der Waals surface area (Å²) in [6.45, 7) is 14.8. The molecule has 40 heavy (non-hydrogen) atoms. The van der Waals surface area contributed by atoms with Crippen molar-refractivity contribution in [3.8, 4) is 0 Å². The van der Waals surface area contributed by atoms with E-state index < -0.39 is 0 Å². The molecule has 0 aliphatic rings. The van der Waals surface area contributed by atoms with Gasteiger partial charge in [0.05, 0.1) is 6.61 Å². The van der Waals surface area contributed by atoms with Crippen molar-refractivity contribution in [1.29, 1.82) is 0 Å². The zero-order valence-corrected chi connectivity index (χ0v) is 28.5. The molecule has 0 heterocycles. The number of allylic oxidation sites excluding steroid dienone is 2. The molecule has 238 valence electrons. The molecule has 0 aromatic carbocycles. The van der Waals surface area contributed by atoms with Crippen molar-refractivity contribution in [2.24, 2.45) is 23.7 Å². The SMILES string of the molecule is CCCCCCCC/C=C\CCCCCCCC(=O)OCCC(C)CCCC(C)CCCC(C)CCCC(C)C. The van der Waals surface area contributed by atoms with Gasteiger partial charge in [0.25, 0.3) is 0 Å². The Labute approximate surface area is 253 Å². The quantitative estimate of drug-likeness (QED) is 0.0494. The topological polar surface area (TPSA) is 26.3 Å². The van der Waals surface area contributed by atoms with E-state index in [4.69, 9.17) is 4.74 Å². The number of esters is 1. The Balaban J connectivity index is 3.49. The van der Waals surface area contributed by atoms with Crippen LogP contribution in [0.1, 0.15) is 196 Å². The summed E-state index contributed by atoms with van der Waals surface area (Å²) in [7, 11) is 0. The first-order valence-corrected chi connectivity index (χ1v) is 18.2. The van der Waals surface area contributed by atoms with Crippen molar-refractivity contribution < 1.29 is 9.53 Å². The van der Waals surface area contributed by atoms with E-state index in [2.05, 4.69) is 53.7 Å². The van der Waals surface area contributed by atoms with Crippen LogP contribution < -0.4 is 0 Å².